The molecule has 2 aliphatic carbocycles. The fraction of sp³-hybridized carbons (Fsp3) is 0.0714. The van der Waals surface area contributed by atoms with E-state index < -0.39 is 0 Å². The number of rotatable bonds is 2. The van der Waals surface area contributed by atoms with Crippen LogP contribution in [0, 0.1) is 35.8 Å². The number of aliphatic hydroxyl groups excluding tert-OH is 1. The number of hydrogen-bond acceptors (Lipinski definition) is 4. The van der Waals surface area contributed by atoms with Crippen LogP contribution in [0.1, 0.15) is 27.8 Å². The number of fused-ring (bicyclic) bond motifs is 6. The van der Waals surface area contributed by atoms with E-state index in [1.807, 2.05) is 48.5 Å². The molecule has 0 atom stereocenters. The van der Waals surface area contributed by atoms with E-state index in [0.717, 1.165) is 44.5 Å². The highest BCUT2D eigenvalue weighted by Crippen LogP contribution is 2.54. The van der Waals surface area contributed by atoms with Crippen LogP contribution in [0.25, 0.3) is 43.1 Å². The summed E-state index contributed by atoms with van der Waals surface area (Å²) in [4.78, 5) is 6.95. The first-order chi connectivity index (χ1) is 16.6. The molecule has 6 heteroatoms. The van der Waals surface area contributed by atoms with Crippen molar-refractivity contribution >= 4 is 11.1 Å². The van der Waals surface area contributed by atoms with E-state index in [4.69, 9.17) is 17.9 Å². The molecule has 0 saturated carbocycles. The molecule has 1 N–H and O–H groups in total. The van der Waals surface area contributed by atoms with Crippen molar-refractivity contribution in [1.29, 1.82) is 10.5 Å². The van der Waals surface area contributed by atoms with E-state index in [9.17, 15) is 15.6 Å². The number of benzene rings is 3. The van der Waals surface area contributed by atoms with Crippen LogP contribution in [0.15, 0.2) is 59.9 Å². The molecule has 0 heterocycles. The zero-order valence-electron chi connectivity index (χ0n) is 18.0. The first-order valence-electron chi connectivity index (χ1n) is 10.3. The molecule has 0 fully saturated rings. The van der Waals surface area contributed by atoms with Crippen LogP contribution in [-0.2, 0) is 6.61 Å². The van der Waals surface area contributed by atoms with Gasteiger partial charge in [0.25, 0.3) is 11.4 Å². The molecular weight excluding hydrogens is 424 g/mol. The lowest BCUT2D eigenvalue weighted by Crippen LogP contribution is -1.89. The van der Waals surface area contributed by atoms with Crippen molar-refractivity contribution in [2.45, 2.75) is 6.61 Å². The van der Waals surface area contributed by atoms with Gasteiger partial charge in [-0.3, -0.25) is 0 Å². The lowest BCUT2D eigenvalue weighted by molar-refractivity contribution is 0.282. The Morgan fingerprint density at radius 2 is 1.26 bits per heavy atom. The Morgan fingerprint density at radius 1 is 0.765 bits per heavy atom. The van der Waals surface area contributed by atoms with E-state index in [0.29, 0.717) is 22.5 Å². The lowest BCUT2D eigenvalue weighted by Gasteiger charge is -2.09. The van der Waals surface area contributed by atoms with Crippen molar-refractivity contribution in [3.8, 4) is 40.1 Å². The summed E-state index contributed by atoms with van der Waals surface area (Å²) >= 11 is 0. The smallest absolute Gasteiger partial charge is 0.270 e. The van der Waals surface area contributed by atoms with Crippen LogP contribution in [0.3, 0.4) is 0 Å². The van der Waals surface area contributed by atoms with Gasteiger partial charge >= 0.3 is 0 Å². The number of nitriles is 2. The number of allylic oxidation sites excluding steroid dienone is 2. The summed E-state index contributed by atoms with van der Waals surface area (Å²) < 4.78 is 5.41. The molecule has 158 valence electrons. The largest absolute Gasteiger partial charge is 0.497 e. The van der Waals surface area contributed by atoms with Crippen LogP contribution in [0.5, 0.6) is 5.75 Å². The molecule has 0 unspecified atom stereocenters. The highest BCUT2D eigenvalue weighted by atomic mass is 16.5. The third-order valence-electron chi connectivity index (χ3n) is 6.22. The van der Waals surface area contributed by atoms with E-state index in [-0.39, 0.29) is 18.0 Å². The molecule has 0 aliphatic heterocycles. The van der Waals surface area contributed by atoms with E-state index in [1.165, 1.54) is 0 Å². The minimum Gasteiger partial charge on any atom is -0.497 e. The van der Waals surface area contributed by atoms with Gasteiger partial charge in [0, 0.05) is 11.1 Å². The molecule has 34 heavy (non-hydrogen) atoms. The predicted molar refractivity (Wildman–Crippen MR) is 126 cm³/mol. The Hall–Kier alpha value is -5.14. The quantitative estimate of drug-likeness (QED) is 0.289. The molecule has 0 radical (unpaired) electrons. The molecule has 0 spiro atoms. The molecule has 0 aromatic heterocycles. The Morgan fingerprint density at radius 3 is 1.74 bits per heavy atom. The standard InChI is InChI=1S/C28H14N4O2/c1-31-25(12-29)27-17-6-4-15(14-33)8-19(17)21-10-24-22(11-23(21)27)20-9-16(34-3)5-7-18(20)28(24)26(13-30)32-2/h4-11,33H,14H2,3H3/b27-25+,28-26-. The molecule has 0 saturated heterocycles. The summed E-state index contributed by atoms with van der Waals surface area (Å²) in [5.74, 6) is 0.637. The van der Waals surface area contributed by atoms with Crippen molar-refractivity contribution in [3.63, 3.8) is 0 Å². The maximum absolute atomic E-state index is 9.69. The fourth-order valence-electron chi connectivity index (χ4n) is 4.75. The van der Waals surface area contributed by atoms with Gasteiger partial charge in [-0.1, -0.05) is 18.2 Å². The van der Waals surface area contributed by atoms with Crippen LogP contribution in [0.4, 0.5) is 0 Å². The number of hydrogen-bond donors (Lipinski definition) is 1. The molecule has 5 rings (SSSR count). The van der Waals surface area contributed by atoms with Gasteiger partial charge in [-0.05, 0) is 80.4 Å². The monoisotopic (exact) mass is 438 g/mol. The van der Waals surface area contributed by atoms with Gasteiger partial charge in [0.2, 0.25) is 0 Å². The van der Waals surface area contributed by atoms with Crippen molar-refractivity contribution in [3.05, 3.63) is 111 Å². The third kappa shape index (κ3) is 2.75. The van der Waals surface area contributed by atoms with Crippen LogP contribution in [0.2, 0.25) is 0 Å². The van der Waals surface area contributed by atoms with E-state index >= 15 is 0 Å². The summed E-state index contributed by atoms with van der Waals surface area (Å²) in [6.45, 7) is 15.0. The second-order valence-electron chi connectivity index (χ2n) is 7.79. The minimum absolute atomic E-state index is 0.0120. The van der Waals surface area contributed by atoms with Gasteiger partial charge in [0.15, 0.2) is 0 Å². The highest BCUT2D eigenvalue weighted by molar-refractivity contribution is 6.10. The summed E-state index contributed by atoms with van der Waals surface area (Å²) in [6, 6.07) is 18.8. The minimum atomic E-state index is -0.146. The van der Waals surface area contributed by atoms with Crippen LogP contribution < -0.4 is 4.74 Å². The number of methoxy groups -OCH3 is 1. The maximum atomic E-state index is 9.69. The molecule has 6 nitrogen and oxygen atoms in total. The number of nitrogens with zero attached hydrogens (tertiary/aromatic N) is 4. The van der Waals surface area contributed by atoms with Gasteiger partial charge in [-0.2, -0.15) is 0 Å². The van der Waals surface area contributed by atoms with E-state index in [2.05, 4.69) is 9.69 Å². The number of aliphatic hydroxyl groups is 1. The zero-order chi connectivity index (χ0) is 24.0. The summed E-state index contributed by atoms with van der Waals surface area (Å²) in [6.07, 6.45) is 0. The maximum Gasteiger partial charge on any atom is 0.270 e. The van der Waals surface area contributed by atoms with Gasteiger partial charge in [-0.15, -0.1) is 0 Å². The highest BCUT2D eigenvalue weighted by Gasteiger charge is 2.33. The molecule has 0 bridgehead atoms. The fourth-order valence-corrected chi connectivity index (χ4v) is 4.75. The topological polar surface area (TPSA) is 85.8 Å². The van der Waals surface area contributed by atoms with Gasteiger partial charge < -0.3 is 9.84 Å². The molecular formula is C28H14N4O2. The zero-order valence-corrected chi connectivity index (χ0v) is 18.0. The average molecular weight is 438 g/mol. The Bertz CT molecular complexity index is 1510. The van der Waals surface area contributed by atoms with Gasteiger partial charge in [0.05, 0.1) is 39.0 Å². The molecule has 3 aromatic carbocycles. The average Bonchev–Trinajstić information content (AvgIpc) is 3.36. The first kappa shape index (κ1) is 20.7. The van der Waals surface area contributed by atoms with Crippen LogP contribution >= 0.6 is 0 Å². The summed E-state index contributed by atoms with van der Waals surface area (Å²) in [5.41, 5.74) is 7.93. The summed E-state index contributed by atoms with van der Waals surface area (Å²) in [5, 5.41) is 29.1. The molecule has 0 amide bonds. The summed E-state index contributed by atoms with van der Waals surface area (Å²) in [7, 11) is 1.57. The van der Waals surface area contributed by atoms with Crippen molar-refractivity contribution < 1.29 is 9.84 Å². The Labute approximate surface area is 196 Å². The predicted octanol–water partition coefficient (Wildman–Crippen LogP) is 5.55. The second kappa shape index (κ2) is 7.77. The number of ether oxygens (including phenoxy) is 1. The third-order valence-corrected chi connectivity index (χ3v) is 6.22. The first-order valence-corrected chi connectivity index (χ1v) is 10.3. The van der Waals surface area contributed by atoms with Crippen molar-refractivity contribution in [2.75, 3.05) is 7.11 Å². The SMILES string of the molecule is [C-]#[N+]/C(C#N)=C1/c2ccc(OC)cc2-c2cc3c(cc21)-c1cc(CO)ccc1/C3=C(/C#N)[N+]#[C-]. The van der Waals surface area contributed by atoms with Crippen LogP contribution in [-0.4, -0.2) is 12.2 Å². The van der Waals surface area contributed by atoms with Crippen molar-refractivity contribution in [1.82, 2.24) is 0 Å². The van der Waals surface area contributed by atoms with Gasteiger partial charge in [0.1, 0.15) is 5.75 Å². The second-order valence-corrected chi connectivity index (χ2v) is 7.79. The van der Waals surface area contributed by atoms with Crippen molar-refractivity contribution in [2.24, 2.45) is 0 Å². The Balaban J connectivity index is 1.93. The Kier molecular flexibility index (Phi) is 4.74. The molecule has 3 aromatic rings. The lowest BCUT2D eigenvalue weighted by atomic mass is 9.94. The van der Waals surface area contributed by atoms with E-state index in [1.54, 1.807) is 19.2 Å². The molecule has 2 aliphatic rings. The van der Waals surface area contributed by atoms with Gasteiger partial charge in [-0.25, -0.2) is 20.2 Å². The normalized spacial score (nSPS) is 14.9.